The van der Waals surface area contributed by atoms with Crippen molar-refractivity contribution < 1.29 is 0 Å². The smallest absolute Gasteiger partial charge is 0.174 e. The number of nitrogens with one attached hydrogen (secondary N) is 2. The second kappa shape index (κ2) is 7.28. The summed E-state index contributed by atoms with van der Waals surface area (Å²) in [7, 11) is 4.09. The molecule has 1 aliphatic heterocycles. The van der Waals surface area contributed by atoms with Crippen LogP contribution in [0.4, 0.5) is 11.4 Å². The second-order valence-corrected chi connectivity index (χ2v) is 7.83. The average Bonchev–Trinajstić information content (AvgIpc) is 3.20. The molecule has 144 valence electrons. The molecule has 1 aromatic carbocycles. The lowest BCUT2D eigenvalue weighted by molar-refractivity contribution is 0.566. The van der Waals surface area contributed by atoms with Crippen LogP contribution in [0.2, 0.25) is 0 Å². The number of benzene rings is 1. The molecule has 1 fully saturated rings. The van der Waals surface area contributed by atoms with E-state index < -0.39 is 0 Å². The Kier molecular flexibility index (Phi) is 4.81. The summed E-state index contributed by atoms with van der Waals surface area (Å²) in [6, 6.07) is 16.7. The summed E-state index contributed by atoms with van der Waals surface area (Å²) in [6.07, 6.45) is 1.83. The second-order valence-electron chi connectivity index (χ2n) is 7.44. The summed E-state index contributed by atoms with van der Waals surface area (Å²) in [4.78, 5) is 12.4. The van der Waals surface area contributed by atoms with E-state index in [0.717, 1.165) is 33.6 Å². The zero-order valence-corrected chi connectivity index (χ0v) is 17.4. The first-order valence-corrected chi connectivity index (χ1v) is 9.80. The van der Waals surface area contributed by atoms with Crippen LogP contribution in [0.25, 0.3) is 0 Å². The maximum absolute atomic E-state index is 5.78. The van der Waals surface area contributed by atoms with Gasteiger partial charge in [0.15, 0.2) is 5.11 Å². The number of rotatable bonds is 4. The summed E-state index contributed by atoms with van der Waals surface area (Å²) >= 11 is 5.78. The van der Waals surface area contributed by atoms with Gasteiger partial charge in [0, 0.05) is 43.1 Å². The molecule has 6 heteroatoms. The van der Waals surface area contributed by atoms with Crippen LogP contribution in [-0.4, -0.2) is 29.2 Å². The number of nitrogens with zero attached hydrogens (tertiary/aromatic N) is 3. The minimum Gasteiger partial charge on any atom is -0.378 e. The van der Waals surface area contributed by atoms with Crippen LogP contribution in [0, 0.1) is 13.8 Å². The number of aromatic nitrogens is 2. The first-order valence-electron chi connectivity index (χ1n) is 9.40. The average molecular weight is 392 g/mol. The predicted octanol–water partition coefficient (Wildman–Crippen LogP) is 4.27. The highest BCUT2D eigenvalue weighted by Gasteiger charge is 2.41. The minimum atomic E-state index is -0.0175. The van der Waals surface area contributed by atoms with Gasteiger partial charge in [0.2, 0.25) is 0 Å². The van der Waals surface area contributed by atoms with Crippen molar-refractivity contribution in [1.82, 2.24) is 15.3 Å². The first-order chi connectivity index (χ1) is 13.5. The zero-order valence-electron chi connectivity index (χ0n) is 16.6. The van der Waals surface area contributed by atoms with Gasteiger partial charge in [0.05, 0.1) is 17.8 Å². The van der Waals surface area contributed by atoms with Crippen LogP contribution in [0.15, 0.2) is 54.7 Å². The molecule has 0 saturated carbocycles. The maximum atomic E-state index is 5.78. The predicted molar refractivity (Wildman–Crippen MR) is 119 cm³/mol. The van der Waals surface area contributed by atoms with Gasteiger partial charge < -0.3 is 20.1 Å². The van der Waals surface area contributed by atoms with Gasteiger partial charge in [-0.1, -0.05) is 6.07 Å². The van der Waals surface area contributed by atoms with Crippen molar-refractivity contribution in [2.45, 2.75) is 25.9 Å². The van der Waals surface area contributed by atoms with E-state index in [-0.39, 0.29) is 12.1 Å². The van der Waals surface area contributed by atoms with E-state index in [1.165, 1.54) is 5.56 Å². The summed E-state index contributed by atoms with van der Waals surface area (Å²) in [5, 5.41) is 4.23. The molecule has 1 saturated heterocycles. The van der Waals surface area contributed by atoms with Crippen LogP contribution in [0.5, 0.6) is 0 Å². The highest BCUT2D eigenvalue weighted by Crippen LogP contribution is 2.42. The van der Waals surface area contributed by atoms with Gasteiger partial charge in [0.1, 0.15) is 0 Å². The quantitative estimate of drug-likeness (QED) is 0.651. The molecule has 2 atom stereocenters. The van der Waals surface area contributed by atoms with Crippen molar-refractivity contribution in [3.05, 3.63) is 77.4 Å². The van der Waals surface area contributed by atoms with Gasteiger partial charge >= 0.3 is 0 Å². The number of hydrogen-bond acceptors (Lipinski definition) is 3. The number of anilines is 2. The highest BCUT2D eigenvalue weighted by molar-refractivity contribution is 7.80. The molecule has 2 N–H and O–H groups in total. The van der Waals surface area contributed by atoms with E-state index in [4.69, 9.17) is 12.2 Å². The lowest BCUT2D eigenvalue weighted by Crippen LogP contribution is -2.29. The molecule has 1 aliphatic rings. The number of pyridine rings is 1. The molecule has 0 radical (unpaired) electrons. The Bertz CT molecular complexity index is 978. The number of aromatic amines is 1. The highest BCUT2D eigenvalue weighted by atomic mass is 32.1. The van der Waals surface area contributed by atoms with Crippen molar-refractivity contribution in [3.63, 3.8) is 0 Å². The lowest BCUT2D eigenvalue weighted by atomic mass is 9.96. The van der Waals surface area contributed by atoms with Crippen molar-refractivity contribution in [3.8, 4) is 0 Å². The normalized spacial score (nSPS) is 19.0. The van der Waals surface area contributed by atoms with E-state index >= 15 is 0 Å². The number of thiocarbonyl (C=S) groups is 1. The standard InChI is InChI=1S/C22H25N5S/c1-14-13-18(15(2)24-14)21-20(19-7-5-6-12-23-19)25-22(28)27(21)17-10-8-16(9-11-17)26(3)4/h5-13,20-21,24H,1-4H3,(H,25,28)/t20-,21-/m1/s1. The zero-order chi connectivity index (χ0) is 19.8. The lowest BCUT2D eigenvalue weighted by Gasteiger charge is -2.28. The van der Waals surface area contributed by atoms with E-state index in [2.05, 4.69) is 75.3 Å². The molecule has 3 aromatic rings. The van der Waals surface area contributed by atoms with Crippen LogP contribution >= 0.6 is 12.2 Å². The van der Waals surface area contributed by atoms with Crippen molar-refractivity contribution in [1.29, 1.82) is 0 Å². The monoisotopic (exact) mass is 391 g/mol. The molecule has 2 aromatic heterocycles. The topological polar surface area (TPSA) is 47.2 Å². The largest absolute Gasteiger partial charge is 0.378 e. The van der Waals surface area contributed by atoms with Gasteiger partial charge in [-0.05, 0) is 74.1 Å². The van der Waals surface area contributed by atoms with Crippen molar-refractivity contribution in [2.75, 3.05) is 23.9 Å². The van der Waals surface area contributed by atoms with E-state index in [1.54, 1.807) is 0 Å². The van der Waals surface area contributed by atoms with Crippen LogP contribution < -0.4 is 15.1 Å². The number of H-pyrrole nitrogens is 1. The first kappa shape index (κ1) is 18.5. The SMILES string of the molecule is Cc1cc([C@@H]2[C@@H](c3ccccn3)NC(=S)N2c2ccc(N(C)C)cc2)c(C)[nH]1. The molecule has 28 heavy (non-hydrogen) atoms. The van der Waals surface area contributed by atoms with Gasteiger partial charge in [0.25, 0.3) is 0 Å². The van der Waals surface area contributed by atoms with Gasteiger partial charge in [-0.25, -0.2) is 0 Å². The Morgan fingerprint density at radius 1 is 1.07 bits per heavy atom. The van der Waals surface area contributed by atoms with Crippen LogP contribution in [0.3, 0.4) is 0 Å². The fourth-order valence-electron chi connectivity index (χ4n) is 3.91. The van der Waals surface area contributed by atoms with Crippen LogP contribution in [-0.2, 0) is 0 Å². The Labute approximate surface area is 171 Å². The fourth-order valence-corrected chi connectivity index (χ4v) is 4.26. The van der Waals surface area contributed by atoms with Gasteiger partial charge in [-0.2, -0.15) is 0 Å². The van der Waals surface area contributed by atoms with Crippen molar-refractivity contribution >= 4 is 28.7 Å². The molecular formula is C22H25N5S. The minimum absolute atomic E-state index is 0.0175. The third-order valence-corrected chi connectivity index (χ3v) is 5.57. The number of aryl methyl sites for hydroxylation is 2. The molecule has 5 nitrogen and oxygen atoms in total. The molecule has 0 bridgehead atoms. The Balaban J connectivity index is 1.81. The third-order valence-electron chi connectivity index (χ3n) is 5.25. The molecule has 0 unspecified atom stereocenters. The molecule has 0 amide bonds. The van der Waals surface area contributed by atoms with E-state index in [9.17, 15) is 0 Å². The summed E-state index contributed by atoms with van der Waals surface area (Å²) < 4.78 is 0. The molecule has 0 spiro atoms. The molecule has 0 aliphatic carbocycles. The van der Waals surface area contributed by atoms with Gasteiger partial charge in [-0.3, -0.25) is 4.98 Å². The Morgan fingerprint density at radius 3 is 2.39 bits per heavy atom. The van der Waals surface area contributed by atoms with Crippen LogP contribution in [0.1, 0.15) is 34.7 Å². The number of hydrogen-bond donors (Lipinski definition) is 2. The summed E-state index contributed by atoms with van der Waals surface area (Å²) in [5.41, 5.74) is 6.76. The summed E-state index contributed by atoms with van der Waals surface area (Å²) in [6.45, 7) is 4.20. The Hall–Kier alpha value is -2.86. The molecule has 4 rings (SSSR count). The van der Waals surface area contributed by atoms with Crippen molar-refractivity contribution in [2.24, 2.45) is 0 Å². The third kappa shape index (κ3) is 3.24. The molecule has 3 heterocycles. The summed E-state index contributed by atoms with van der Waals surface area (Å²) in [5.74, 6) is 0. The fraction of sp³-hybridized carbons (Fsp3) is 0.273. The van der Waals surface area contributed by atoms with E-state index in [1.807, 2.05) is 32.4 Å². The molecular weight excluding hydrogens is 366 g/mol. The Morgan fingerprint density at radius 2 is 1.82 bits per heavy atom. The van der Waals surface area contributed by atoms with E-state index in [0.29, 0.717) is 0 Å². The maximum Gasteiger partial charge on any atom is 0.174 e. The van der Waals surface area contributed by atoms with Gasteiger partial charge in [-0.15, -0.1) is 0 Å².